The minimum Gasteiger partial charge on any atom is -0.465 e. The smallest absolute Gasteiger partial charge is 0.404 e. The Morgan fingerprint density at radius 1 is 1.41 bits per heavy atom. The second kappa shape index (κ2) is 7.74. The number of nitrogens with zero attached hydrogens (tertiary/aromatic N) is 1. The van der Waals surface area contributed by atoms with Crippen LogP contribution in [0.5, 0.6) is 0 Å². The highest BCUT2D eigenvalue weighted by atomic mass is 32.1. The first-order valence-corrected chi connectivity index (χ1v) is 9.65. The predicted octanol–water partition coefficient (Wildman–Crippen LogP) is 3.47. The van der Waals surface area contributed by atoms with Gasteiger partial charge in [-0.15, -0.1) is 11.3 Å². The molecule has 0 saturated carbocycles. The van der Waals surface area contributed by atoms with Gasteiger partial charge in [0, 0.05) is 6.54 Å². The molecule has 27 heavy (non-hydrogen) atoms. The number of aryl methyl sites for hydroxylation is 1. The Morgan fingerprint density at radius 2 is 2.11 bits per heavy atom. The van der Waals surface area contributed by atoms with E-state index in [2.05, 4.69) is 15.6 Å². The van der Waals surface area contributed by atoms with Gasteiger partial charge in [-0.25, -0.2) is 14.2 Å². The topological polar surface area (TPSA) is 91.3 Å². The third kappa shape index (κ3) is 3.86. The van der Waals surface area contributed by atoms with Crippen molar-refractivity contribution in [3.8, 4) is 10.4 Å². The fourth-order valence-electron chi connectivity index (χ4n) is 3.57. The van der Waals surface area contributed by atoms with Crippen molar-refractivity contribution in [3.05, 3.63) is 40.8 Å². The molecule has 2 atom stereocenters. The molecule has 1 aliphatic rings. The molecule has 1 aliphatic heterocycles. The van der Waals surface area contributed by atoms with Gasteiger partial charge in [0.1, 0.15) is 17.1 Å². The Labute approximate surface area is 160 Å². The first-order chi connectivity index (χ1) is 12.8. The van der Waals surface area contributed by atoms with Crippen LogP contribution in [0, 0.1) is 18.7 Å². The number of benzene rings is 1. The standard InChI is InChI=1S/C19H22FN3O3S/c1-11-4-3-9-22-19(11,10-21-18(25)26)17(24)15-16(27-12(2)23-15)13-5-7-14(20)8-6-13/h5-8,11,21-22H,3-4,9-10H2,1-2H3,(H,25,26)/t11-,19+/m1/s1. The van der Waals surface area contributed by atoms with Crippen LogP contribution in [0.4, 0.5) is 9.18 Å². The number of carboxylic acid groups (broad SMARTS) is 1. The summed E-state index contributed by atoms with van der Waals surface area (Å²) in [6.07, 6.45) is 0.564. The van der Waals surface area contributed by atoms with Gasteiger partial charge in [-0.05, 0) is 49.9 Å². The lowest BCUT2D eigenvalue weighted by Gasteiger charge is -2.42. The van der Waals surface area contributed by atoms with Crippen molar-refractivity contribution in [2.45, 2.75) is 32.2 Å². The molecule has 3 rings (SSSR count). The summed E-state index contributed by atoms with van der Waals surface area (Å²) in [6, 6.07) is 5.95. The molecule has 1 saturated heterocycles. The fraction of sp³-hybridized carbons (Fsp3) is 0.421. The molecule has 0 spiro atoms. The molecular formula is C19H22FN3O3S. The molecular weight excluding hydrogens is 369 g/mol. The van der Waals surface area contributed by atoms with E-state index in [0.717, 1.165) is 23.4 Å². The van der Waals surface area contributed by atoms with Crippen molar-refractivity contribution in [3.63, 3.8) is 0 Å². The molecule has 3 N–H and O–H groups in total. The maximum absolute atomic E-state index is 13.6. The summed E-state index contributed by atoms with van der Waals surface area (Å²) in [4.78, 5) is 29.8. The van der Waals surface area contributed by atoms with E-state index in [1.807, 2.05) is 13.8 Å². The number of carbonyl (C=O) groups is 2. The quantitative estimate of drug-likeness (QED) is 0.679. The third-order valence-electron chi connectivity index (χ3n) is 5.07. The minimum absolute atomic E-state index is 0.0260. The summed E-state index contributed by atoms with van der Waals surface area (Å²) >= 11 is 1.37. The first kappa shape index (κ1) is 19.4. The van der Waals surface area contributed by atoms with Gasteiger partial charge in [-0.1, -0.05) is 19.1 Å². The van der Waals surface area contributed by atoms with Crippen LogP contribution in [0.25, 0.3) is 10.4 Å². The Morgan fingerprint density at radius 3 is 2.74 bits per heavy atom. The molecule has 0 bridgehead atoms. The number of hydrogen-bond acceptors (Lipinski definition) is 5. The summed E-state index contributed by atoms with van der Waals surface area (Å²) in [5, 5.41) is 15.4. The Bertz CT molecular complexity index is 852. The molecule has 2 heterocycles. The number of halogens is 1. The zero-order valence-corrected chi connectivity index (χ0v) is 16.0. The number of amides is 1. The average Bonchev–Trinajstić information content (AvgIpc) is 3.03. The van der Waals surface area contributed by atoms with Gasteiger partial charge in [-0.2, -0.15) is 0 Å². The van der Waals surface area contributed by atoms with Crippen molar-refractivity contribution in [2.24, 2.45) is 5.92 Å². The van der Waals surface area contributed by atoms with Crippen molar-refractivity contribution in [2.75, 3.05) is 13.1 Å². The zero-order chi connectivity index (χ0) is 19.6. The van der Waals surface area contributed by atoms with Gasteiger partial charge in [0.2, 0.25) is 5.78 Å². The molecule has 0 radical (unpaired) electrons. The minimum atomic E-state index is -1.17. The van der Waals surface area contributed by atoms with E-state index >= 15 is 0 Å². The number of nitrogens with one attached hydrogen (secondary N) is 2. The van der Waals surface area contributed by atoms with Crippen LogP contribution in [-0.4, -0.2) is 40.6 Å². The van der Waals surface area contributed by atoms with Gasteiger partial charge in [0.25, 0.3) is 0 Å². The van der Waals surface area contributed by atoms with E-state index in [9.17, 15) is 14.0 Å². The molecule has 1 aromatic heterocycles. The number of piperidine rings is 1. The van der Waals surface area contributed by atoms with Crippen molar-refractivity contribution < 1.29 is 19.1 Å². The number of carbonyl (C=O) groups excluding carboxylic acids is 1. The van der Waals surface area contributed by atoms with Crippen LogP contribution in [0.1, 0.15) is 35.3 Å². The van der Waals surface area contributed by atoms with E-state index in [4.69, 9.17) is 5.11 Å². The third-order valence-corrected chi connectivity index (χ3v) is 6.09. The Hall–Kier alpha value is -2.32. The monoisotopic (exact) mass is 391 g/mol. The van der Waals surface area contributed by atoms with Crippen LogP contribution < -0.4 is 10.6 Å². The number of ketones is 1. The molecule has 1 aromatic carbocycles. The number of hydrogen-bond donors (Lipinski definition) is 3. The fourth-order valence-corrected chi connectivity index (χ4v) is 4.49. The maximum atomic E-state index is 13.6. The van der Waals surface area contributed by atoms with Gasteiger partial charge < -0.3 is 15.7 Å². The highest BCUT2D eigenvalue weighted by molar-refractivity contribution is 7.15. The number of rotatable bonds is 5. The normalized spacial score (nSPS) is 22.4. The molecule has 8 heteroatoms. The van der Waals surface area contributed by atoms with E-state index in [-0.39, 0.29) is 24.1 Å². The lowest BCUT2D eigenvalue weighted by Crippen LogP contribution is -2.65. The SMILES string of the molecule is Cc1nc(C(=O)[C@@]2(CNC(=O)O)NCCC[C@H]2C)c(-c2ccc(F)cc2)s1. The number of Topliss-reactive ketones (excluding diaryl/α,β-unsaturated/α-hetero) is 1. The predicted molar refractivity (Wildman–Crippen MR) is 102 cm³/mol. The summed E-state index contributed by atoms with van der Waals surface area (Å²) in [5.41, 5.74) is -0.0286. The van der Waals surface area contributed by atoms with Gasteiger partial charge in [-0.3, -0.25) is 4.79 Å². The van der Waals surface area contributed by atoms with Crippen LogP contribution in [0.2, 0.25) is 0 Å². The summed E-state index contributed by atoms with van der Waals surface area (Å²) in [5.74, 6) is -0.640. The van der Waals surface area contributed by atoms with Crippen LogP contribution in [-0.2, 0) is 0 Å². The lowest BCUT2D eigenvalue weighted by molar-refractivity contribution is 0.0715. The lowest BCUT2D eigenvalue weighted by atomic mass is 9.74. The molecule has 0 unspecified atom stereocenters. The van der Waals surface area contributed by atoms with Crippen molar-refractivity contribution in [1.29, 1.82) is 0 Å². The second-order valence-electron chi connectivity index (χ2n) is 6.85. The molecule has 6 nitrogen and oxygen atoms in total. The van der Waals surface area contributed by atoms with Gasteiger partial charge in [0.15, 0.2) is 0 Å². The van der Waals surface area contributed by atoms with E-state index in [1.54, 1.807) is 12.1 Å². The van der Waals surface area contributed by atoms with Crippen molar-refractivity contribution >= 4 is 23.2 Å². The highest BCUT2D eigenvalue weighted by Gasteiger charge is 2.47. The van der Waals surface area contributed by atoms with Gasteiger partial charge in [0.05, 0.1) is 9.88 Å². The van der Waals surface area contributed by atoms with E-state index in [1.165, 1.54) is 23.5 Å². The van der Waals surface area contributed by atoms with Crippen LogP contribution >= 0.6 is 11.3 Å². The maximum Gasteiger partial charge on any atom is 0.404 e. The second-order valence-corrected chi connectivity index (χ2v) is 8.05. The summed E-state index contributed by atoms with van der Waals surface area (Å²) < 4.78 is 13.3. The molecule has 2 aromatic rings. The van der Waals surface area contributed by atoms with Crippen LogP contribution in [0.15, 0.2) is 24.3 Å². The highest BCUT2D eigenvalue weighted by Crippen LogP contribution is 2.36. The van der Waals surface area contributed by atoms with E-state index in [0.29, 0.717) is 17.1 Å². The number of aromatic nitrogens is 1. The first-order valence-electron chi connectivity index (χ1n) is 8.83. The Balaban J connectivity index is 2.04. The molecule has 0 aliphatic carbocycles. The zero-order valence-electron chi connectivity index (χ0n) is 15.2. The Kier molecular flexibility index (Phi) is 5.57. The van der Waals surface area contributed by atoms with E-state index < -0.39 is 11.6 Å². The summed E-state index contributed by atoms with van der Waals surface area (Å²) in [7, 11) is 0. The van der Waals surface area contributed by atoms with Gasteiger partial charge >= 0.3 is 6.09 Å². The van der Waals surface area contributed by atoms with Crippen molar-refractivity contribution in [1.82, 2.24) is 15.6 Å². The molecule has 1 fully saturated rings. The average molecular weight is 391 g/mol. The number of thiazole rings is 1. The molecule has 144 valence electrons. The largest absolute Gasteiger partial charge is 0.465 e. The van der Waals surface area contributed by atoms with Crippen LogP contribution in [0.3, 0.4) is 0 Å². The molecule has 1 amide bonds. The summed E-state index contributed by atoms with van der Waals surface area (Å²) in [6.45, 7) is 4.37.